The number of amides is 1. The maximum atomic E-state index is 14.4. The number of carbonyl (C=O) groups is 1. The van der Waals surface area contributed by atoms with E-state index in [1.54, 1.807) is 24.3 Å². The van der Waals surface area contributed by atoms with Gasteiger partial charge in [-0.05, 0) is 43.0 Å². The van der Waals surface area contributed by atoms with Crippen molar-refractivity contribution in [3.63, 3.8) is 0 Å². The number of anilines is 1. The molecule has 0 atom stereocenters. The maximum Gasteiger partial charge on any atom is 0.264 e. The van der Waals surface area contributed by atoms with Crippen molar-refractivity contribution < 1.29 is 17.6 Å². The van der Waals surface area contributed by atoms with Gasteiger partial charge in [0.15, 0.2) is 0 Å². The standard InChI is InChI=1S/C21H25FN2O3S/c22-19-13-7-8-14-20(19)24(28(26,27)18-11-5-2-6-12-18)16-21(25)23-15-17-9-3-1-4-10-17/h2,5-8,11-14,17H,1,3-4,9-10,15-16H2,(H,23,25). The molecule has 5 nitrogen and oxygen atoms in total. The van der Waals surface area contributed by atoms with E-state index >= 15 is 0 Å². The van der Waals surface area contributed by atoms with Gasteiger partial charge < -0.3 is 5.32 Å². The highest BCUT2D eigenvalue weighted by Gasteiger charge is 2.29. The fraction of sp³-hybridized carbons (Fsp3) is 0.381. The third kappa shape index (κ3) is 4.90. The topological polar surface area (TPSA) is 66.5 Å². The van der Waals surface area contributed by atoms with Crippen LogP contribution >= 0.6 is 0 Å². The molecule has 1 saturated carbocycles. The number of nitrogens with zero attached hydrogens (tertiary/aromatic N) is 1. The lowest BCUT2D eigenvalue weighted by atomic mass is 9.89. The Balaban J connectivity index is 1.81. The summed E-state index contributed by atoms with van der Waals surface area (Å²) in [5.41, 5.74) is -0.140. The molecule has 28 heavy (non-hydrogen) atoms. The summed E-state index contributed by atoms with van der Waals surface area (Å²) in [5.74, 6) is -0.708. The molecule has 1 N–H and O–H groups in total. The number of para-hydroxylation sites is 1. The average molecular weight is 405 g/mol. The van der Waals surface area contributed by atoms with Crippen molar-refractivity contribution in [3.05, 3.63) is 60.4 Å². The van der Waals surface area contributed by atoms with Crippen LogP contribution in [-0.2, 0) is 14.8 Å². The van der Waals surface area contributed by atoms with Crippen molar-refractivity contribution >= 4 is 21.6 Å². The molecule has 150 valence electrons. The van der Waals surface area contributed by atoms with Crippen LogP contribution in [0.5, 0.6) is 0 Å². The second kappa shape index (κ2) is 9.19. The van der Waals surface area contributed by atoms with Crippen molar-refractivity contribution in [1.82, 2.24) is 5.32 Å². The smallest absolute Gasteiger partial charge is 0.264 e. The van der Waals surface area contributed by atoms with Gasteiger partial charge in [0.1, 0.15) is 12.4 Å². The van der Waals surface area contributed by atoms with Crippen molar-refractivity contribution in [3.8, 4) is 0 Å². The summed E-state index contributed by atoms with van der Waals surface area (Å²) in [4.78, 5) is 12.5. The Kier molecular flexibility index (Phi) is 6.67. The van der Waals surface area contributed by atoms with Gasteiger partial charge in [0.25, 0.3) is 10.0 Å². The van der Waals surface area contributed by atoms with Gasteiger partial charge in [-0.3, -0.25) is 9.10 Å². The third-order valence-corrected chi connectivity index (χ3v) is 6.83. The molecule has 1 aliphatic rings. The Morgan fingerprint density at radius 2 is 1.64 bits per heavy atom. The monoisotopic (exact) mass is 404 g/mol. The van der Waals surface area contributed by atoms with E-state index < -0.39 is 28.3 Å². The molecule has 3 rings (SSSR count). The van der Waals surface area contributed by atoms with Gasteiger partial charge in [0.2, 0.25) is 5.91 Å². The van der Waals surface area contributed by atoms with Gasteiger partial charge in [-0.15, -0.1) is 0 Å². The first kappa shape index (κ1) is 20.3. The largest absolute Gasteiger partial charge is 0.354 e. The summed E-state index contributed by atoms with van der Waals surface area (Å²) in [6.07, 6.45) is 5.68. The van der Waals surface area contributed by atoms with Crippen molar-refractivity contribution in [1.29, 1.82) is 0 Å². The summed E-state index contributed by atoms with van der Waals surface area (Å²) in [6.45, 7) is 0.0558. The number of carbonyl (C=O) groups excluding carboxylic acids is 1. The number of rotatable bonds is 7. The first-order valence-corrected chi connectivity index (χ1v) is 11.0. The molecule has 2 aromatic carbocycles. The molecule has 0 spiro atoms. The fourth-order valence-electron chi connectivity index (χ4n) is 3.51. The summed E-state index contributed by atoms with van der Waals surface area (Å²) in [7, 11) is -4.08. The zero-order valence-corrected chi connectivity index (χ0v) is 16.5. The third-order valence-electron chi connectivity index (χ3n) is 5.05. The minimum atomic E-state index is -4.08. The van der Waals surface area contributed by atoms with Crippen molar-refractivity contribution in [2.75, 3.05) is 17.4 Å². The van der Waals surface area contributed by atoms with Crippen LogP contribution in [0.3, 0.4) is 0 Å². The first-order valence-electron chi connectivity index (χ1n) is 9.57. The lowest BCUT2D eigenvalue weighted by Gasteiger charge is -2.26. The van der Waals surface area contributed by atoms with Gasteiger partial charge in [-0.2, -0.15) is 0 Å². The molecule has 1 fully saturated rings. The van der Waals surface area contributed by atoms with E-state index in [1.807, 2.05) is 0 Å². The van der Waals surface area contributed by atoms with E-state index in [0.29, 0.717) is 12.5 Å². The zero-order chi connectivity index (χ0) is 20.0. The Labute approximate surface area is 165 Å². The number of hydrogen-bond acceptors (Lipinski definition) is 3. The van der Waals surface area contributed by atoms with Gasteiger partial charge in [-0.1, -0.05) is 49.6 Å². The first-order chi connectivity index (χ1) is 13.5. The van der Waals surface area contributed by atoms with Gasteiger partial charge in [0.05, 0.1) is 10.6 Å². The van der Waals surface area contributed by atoms with Crippen LogP contribution in [0, 0.1) is 11.7 Å². The molecule has 0 bridgehead atoms. The van der Waals surface area contributed by atoms with Crippen LogP contribution in [0.15, 0.2) is 59.5 Å². The van der Waals surface area contributed by atoms with E-state index in [-0.39, 0.29) is 10.6 Å². The minimum absolute atomic E-state index is 0.0123. The second-order valence-corrected chi connectivity index (χ2v) is 8.95. The van der Waals surface area contributed by atoms with Crippen molar-refractivity contribution in [2.24, 2.45) is 5.92 Å². The molecular formula is C21H25FN2O3S. The van der Waals surface area contributed by atoms with E-state index in [2.05, 4.69) is 5.32 Å². The molecule has 2 aromatic rings. The summed E-state index contributed by atoms with van der Waals surface area (Å²) in [5, 5.41) is 2.83. The molecule has 0 unspecified atom stereocenters. The summed E-state index contributed by atoms with van der Waals surface area (Å²) >= 11 is 0. The molecule has 1 amide bonds. The van der Waals surface area contributed by atoms with Gasteiger partial charge in [0, 0.05) is 6.54 Å². The number of hydrogen-bond donors (Lipinski definition) is 1. The molecular weight excluding hydrogens is 379 g/mol. The highest BCUT2D eigenvalue weighted by Crippen LogP contribution is 2.26. The molecule has 1 aliphatic carbocycles. The molecule has 0 aliphatic heterocycles. The molecule has 0 heterocycles. The maximum absolute atomic E-state index is 14.4. The van der Waals surface area contributed by atoms with Crippen LogP contribution in [0.2, 0.25) is 0 Å². The van der Waals surface area contributed by atoms with Crippen LogP contribution < -0.4 is 9.62 Å². The number of benzene rings is 2. The Bertz CT molecular complexity index is 897. The highest BCUT2D eigenvalue weighted by molar-refractivity contribution is 7.92. The predicted molar refractivity (Wildman–Crippen MR) is 107 cm³/mol. The lowest BCUT2D eigenvalue weighted by Crippen LogP contribution is -2.42. The van der Waals surface area contributed by atoms with E-state index in [1.165, 1.54) is 36.8 Å². The SMILES string of the molecule is O=C(CN(c1ccccc1F)S(=O)(=O)c1ccccc1)NCC1CCCCC1. The molecule has 0 saturated heterocycles. The zero-order valence-electron chi connectivity index (χ0n) is 15.7. The van der Waals surface area contributed by atoms with E-state index in [0.717, 1.165) is 30.0 Å². The fourth-order valence-corrected chi connectivity index (χ4v) is 4.96. The Morgan fingerprint density at radius 1 is 1.00 bits per heavy atom. The molecule has 7 heteroatoms. The predicted octanol–water partition coefficient (Wildman–Crippen LogP) is 3.72. The average Bonchev–Trinajstić information content (AvgIpc) is 2.72. The Morgan fingerprint density at radius 3 is 2.32 bits per heavy atom. The Hall–Kier alpha value is -2.41. The summed E-state index contributed by atoms with van der Waals surface area (Å²) < 4.78 is 41.4. The normalized spacial score (nSPS) is 15.2. The van der Waals surface area contributed by atoms with Crippen molar-refractivity contribution in [2.45, 2.75) is 37.0 Å². The van der Waals surface area contributed by atoms with Crippen LogP contribution in [0.1, 0.15) is 32.1 Å². The van der Waals surface area contributed by atoms with E-state index in [9.17, 15) is 17.6 Å². The number of sulfonamides is 1. The van der Waals surface area contributed by atoms with Gasteiger partial charge >= 0.3 is 0 Å². The molecule has 0 aromatic heterocycles. The number of nitrogens with one attached hydrogen (secondary N) is 1. The molecule has 0 radical (unpaired) electrons. The lowest BCUT2D eigenvalue weighted by molar-refractivity contribution is -0.119. The highest BCUT2D eigenvalue weighted by atomic mass is 32.2. The van der Waals surface area contributed by atoms with Crippen LogP contribution in [0.25, 0.3) is 0 Å². The second-order valence-electron chi connectivity index (χ2n) is 7.08. The van der Waals surface area contributed by atoms with Crippen LogP contribution in [0.4, 0.5) is 10.1 Å². The quantitative estimate of drug-likeness (QED) is 0.765. The van der Waals surface area contributed by atoms with E-state index in [4.69, 9.17) is 0 Å². The van der Waals surface area contributed by atoms with Gasteiger partial charge in [-0.25, -0.2) is 12.8 Å². The minimum Gasteiger partial charge on any atom is -0.354 e. The summed E-state index contributed by atoms with van der Waals surface area (Å²) in [6, 6.07) is 13.3. The number of halogens is 1. The van der Waals surface area contributed by atoms with Crippen LogP contribution in [-0.4, -0.2) is 27.4 Å².